The van der Waals surface area contributed by atoms with Crippen molar-refractivity contribution in [3.05, 3.63) is 70.5 Å². The number of amides is 3. The number of halogens is 4. The predicted octanol–water partition coefficient (Wildman–Crippen LogP) is 3.89. The first kappa shape index (κ1) is 26.3. The zero-order chi connectivity index (χ0) is 25.8. The maximum Gasteiger partial charge on any atom is 0.416 e. The van der Waals surface area contributed by atoms with Gasteiger partial charge in [0.2, 0.25) is 17.7 Å². The highest BCUT2D eigenvalue weighted by Crippen LogP contribution is 2.41. The highest BCUT2D eigenvalue weighted by Gasteiger charge is 2.54. The van der Waals surface area contributed by atoms with Crippen molar-refractivity contribution in [2.45, 2.75) is 44.3 Å². The first-order valence-corrected chi connectivity index (χ1v) is 11.0. The van der Waals surface area contributed by atoms with Gasteiger partial charge < -0.3 is 10.1 Å². The van der Waals surface area contributed by atoms with Crippen molar-refractivity contribution in [3.8, 4) is 0 Å². The Kier molecular flexibility index (Phi) is 7.94. The zero-order valence-corrected chi connectivity index (χ0v) is 19.4. The minimum absolute atomic E-state index is 0.0781. The van der Waals surface area contributed by atoms with Crippen LogP contribution in [0.15, 0.2) is 42.5 Å². The Morgan fingerprint density at radius 1 is 1.17 bits per heavy atom. The number of benzene rings is 2. The van der Waals surface area contributed by atoms with Gasteiger partial charge in [-0.3, -0.25) is 19.3 Å². The van der Waals surface area contributed by atoms with E-state index in [9.17, 15) is 31.9 Å². The van der Waals surface area contributed by atoms with Crippen molar-refractivity contribution in [1.82, 2.24) is 10.2 Å². The fourth-order valence-corrected chi connectivity index (χ4v) is 4.40. The zero-order valence-electron chi connectivity index (χ0n) is 19.4. The molecule has 2 aromatic carbocycles. The molecule has 0 radical (unpaired) electrons. The third-order valence-electron chi connectivity index (χ3n) is 6.04. The van der Waals surface area contributed by atoms with Gasteiger partial charge in [0.15, 0.2) is 0 Å². The second kappa shape index (κ2) is 10.6. The fraction of sp³-hybridized carbons (Fsp3) is 0.400. The number of carbonyl (C=O) groups is 3. The molecule has 2 aromatic rings. The molecule has 0 aromatic heterocycles. The summed E-state index contributed by atoms with van der Waals surface area (Å²) in [6, 6.07) is 8.96. The van der Waals surface area contributed by atoms with Gasteiger partial charge in [0.05, 0.1) is 11.0 Å². The molecule has 1 saturated heterocycles. The molecule has 0 bridgehead atoms. The average molecular weight is 494 g/mol. The highest BCUT2D eigenvalue weighted by molar-refractivity contribution is 6.10. The summed E-state index contributed by atoms with van der Waals surface area (Å²) in [5.41, 5.74) is -1.43. The molecule has 0 saturated carbocycles. The SMILES string of the molecule is COCCCN1C(=O)C[C@@](CC(=O)NCc2cc(F)cc(C(F)(F)F)c2)(c2ccccc2C)C1=O. The van der Waals surface area contributed by atoms with E-state index in [2.05, 4.69) is 5.32 Å². The highest BCUT2D eigenvalue weighted by atomic mass is 19.4. The number of imide groups is 1. The summed E-state index contributed by atoms with van der Waals surface area (Å²) in [5.74, 6) is -2.65. The maximum atomic E-state index is 13.7. The first-order chi connectivity index (χ1) is 16.5. The van der Waals surface area contributed by atoms with Crippen LogP contribution in [0.3, 0.4) is 0 Å². The van der Waals surface area contributed by atoms with Crippen molar-refractivity contribution in [1.29, 1.82) is 0 Å². The van der Waals surface area contributed by atoms with Gasteiger partial charge >= 0.3 is 6.18 Å². The topological polar surface area (TPSA) is 75.7 Å². The summed E-state index contributed by atoms with van der Waals surface area (Å²) in [7, 11) is 1.51. The minimum atomic E-state index is -4.74. The number of hydrogen-bond acceptors (Lipinski definition) is 4. The van der Waals surface area contributed by atoms with E-state index in [1.165, 1.54) is 7.11 Å². The molecule has 0 aliphatic carbocycles. The molecule has 10 heteroatoms. The number of ether oxygens (including phenoxy) is 1. The van der Waals surface area contributed by atoms with Crippen LogP contribution in [0.4, 0.5) is 17.6 Å². The molecule has 1 aliphatic heterocycles. The van der Waals surface area contributed by atoms with E-state index < -0.39 is 40.7 Å². The van der Waals surface area contributed by atoms with Gasteiger partial charge in [0.1, 0.15) is 5.82 Å². The molecule has 3 rings (SSSR count). The second-order valence-electron chi connectivity index (χ2n) is 8.57. The van der Waals surface area contributed by atoms with Crippen molar-refractivity contribution >= 4 is 17.7 Å². The van der Waals surface area contributed by atoms with E-state index in [4.69, 9.17) is 4.74 Å². The lowest BCUT2D eigenvalue weighted by molar-refractivity contribution is -0.141. The Morgan fingerprint density at radius 3 is 2.54 bits per heavy atom. The number of nitrogens with zero attached hydrogens (tertiary/aromatic N) is 1. The van der Waals surface area contributed by atoms with E-state index in [1.807, 2.05) is 0 Å². The number of carbonyl (C=O) groups excluding carboxylic acids is 3. The van der Waals surface area contributed by atoms with E-state index >= 15 is 0 Å². The number of nitrogens with one attached hydrogen (secondary N) is 1. The van der Waals surface area contributed by atoms with Crippen LogP contribution in [0.5, 0.6) is 0 Å². The number of alkyl halides is 3. The first-order valence-electron chi connectivity index (χ1n) is 11.0. The summed E-state index contributed by atoms with van der Waals surface area (Å²) < 4.78 is 57.6. The summed E-state index contributed by atoms with van der Waals surface area (Å²) >= 11 is 0. The number of likely N-dealkylation sites (tertiary alicyclic amines) is 1. The predicted molar refractivity (Wildman–Crippen MR) is 119 cm³/mol. The second-order valence-corrected chi connectivity index (χ2v) is 8.57. The molecule has 1 fully saturated rings. The number of aryl methyl sites for hydroxylation is 1. The molecule has 0 spiro atoms. The summed E-state index contributed by atoms with van der Waals surface area (Å²) in [6.07, 6.45) is -4.90. The van der Waals surface area contributed by atoms with Crippen LogP contribution in [0, 0.1) is 12.7 Å². The van der Waals surface area contributed by atoms with E-state index in [-0.39, 0.29) is 31.5 Å². The third-order valence-corrected chi connectivity index (χ3v) is 6.04. The number of hydrogen-bond donors (Lipinski definition) is 1. The molecule has 1 aliphatic rings. The summed E-state index contributed by atoms with van der Waals surface area (Å²) in [4.78, 5) is 40.3. The lowest BCUT2D eigenvalue weighted by Crippen LogP contribution is -2.43. The molecular weight excluding hydrogens is 468 g/mol. The largest absolute Gasteiger partial charge is 0.416 e. The Hall–Kier alpha value is -3.27. The minimum Gasteiger partial charge on any atom is -0.385 e. The van der Waals surface area contributed by atoms with Gasteiger partial charge in [-0.15, -0.1) is 0 Å². The van der Waals surface area contributed by atoms with Crippen LogP contribution in [0.25, 0.3) is 0 Å². The van der Waals surface area contributed by atoms with Gasteiger partial charge in [-0.25, -0.2) is 4.39 Å². The van der Waals surface area contributed by atoms with Gasteiger partial charge in [0.25, 0.3) is 0 Å². The lowest BCUT2D eigenvalue weighted by Gasteiger charge is -2.28. The molecule has 35 heavy (non-hydrogen) atoms. The van der Waals surface area contributed by atoms with Crippen molar-refractivity contribution in [3.63, 3.8) is 0 Å². The van der Waals surface area contributed by atoms with Crippen LogP contribution >= 0.6 is 0 Å². The molecule has 6 nitrogen and oxygen atoms in total. The molecule has 1 heterocycles. The maximum absolute atomic E-state index is 13.7. The summed E-state index contributed by atoms with van der Waals surface area (Å²) in [5, 5.41) is 2.47. The van der Waals surface area contributed by atoms with Crippen molar-refractivity contribution < 1.29 is 36.7 Å². The van der Waals surface area contributed by atoms with Crippen LogP contribution in [-0.2, 0) is 37.3 Å². The van der Waals surface area contributed by atoms with Gasteiger partial charge in [-0.2, -0.15) is 13.2 Å². The van der Waals surface area contributed by atoms with E-state index in [1.54, 1.807) is 31.2 Å². The van der Waals surface area contributed by atoms with Crippen LogP contribution in [0.2, 0.25) is 0 Å². The third kappa shape index (κ3) is 5.87. The Balaban J connectivity index is 1.84. The molecule has 1 atom stereocenters. The van der Waals surface area contributed by atoms with E-state index in [0.29, 0.717) is 24.7 Å². The molecule has 188 valence electrons. The van der Waals surface area contributed by atoms with Gasteiger partial charge in [0, 0.05) is 39.6 Å². The van der Waals surface area contributed by atoms with E-state index in [0.717, 1.165) is 22.6 Å². The van der Waals surface area contributed by atoms with Crippen LogP contribution in [0.1, 0.15) is 41.5 Å². The molecular formula is C25H26F4N2O4. The Labute approximate surface area is 200 Å². The quantitative estimate of drug-likeness (QED) is 0.326. The van der Waals surface area contributed by atoms with Crippen molar-refractivity contribution in [2.75, 3.05) is 20.3 Å². The van der Waals surface area contributed by atoms with Crippen molar-refractivity contribution in [2.24, 2.45) is 0 Å². The van der Waals surface area contributed by atoms with Crippen LogP contribution < -0.4 is 5.32 Å². The Bertz CT molecular complexity index is 1120. The smallest absolute Gasteiger partial charge is 0.385 e. The molecule has 0 unspecified atom stereocenters. The Morgan fingerprint density at radius 2 is 1.89 bits per heavy atom. The standard InChI is InChI=1S/C25H26F4N2O4/c1-16-6-3-4-7-20(16)24(14-22(33)31(23(24)34)8-5-9-35-2)13-21(32)30-15-17-10-18(25(27,28)29)12-19(26)11-17/h3-4,6-7,10-12H,5,8-9,13-15H2,1-2H3,(H,30,32)/t24-/m0/s1. The number of rotatable bonds is 9. The van der Waals surface area contributed by atoms with Gasteiger partial charge in [-0.05, 0) is 48.2 Å². The van der Waals surface area contributed by atoms with Crippen LogP contribution in [-0.4, -0.2) is 42.9 Å². The normalized spacial score (nSPS) is 18.3. The average Bonchev–Trinajstić information content (AvgIpc) is 3.02. The molecule has 1 N–H and O–H groups in total. The fourth-order valence-electron chi connectivity index (χ4n) is 4.40. The summed E-state index contributed by atoms with van der Waals surface area (Å²) in [6.45, 7) is 1.89. The lowest BCUT2D eigenvalue weighted by atomic mass is 9.74. The molecule has 3 amide bonds. The monoisotopic (exact) mass is 494 g/mol. The number of methoxy groups -OCH3 is 1. The van der Waals surface area contributed by atoms with Gasteiger partial charge in [-0.1, -0.05) is 24.3 Å².